The van der Waals surface area contributed by atoms with Crippen LogP contribution < -0.4 is 15.4 Å². The summed E-state index contributed by atoms with van der Waals surface area (Å²) in [5.41, 5.74) is 1.08. The molecule has 1 aromatic carbocycles. The molecule has 0 aliphatic rings. The van der Waals surface area contributed by atoms with Gasteiger partial charge in [-0.1, -0.05) is 22.0 Å². The van der Waals surface area contributed by atoms with E-state index < -0.39 is 0 Å². The Labute approximate surface area is 116 Å². The topological polar surface area (TPSA) is 50.4 Å². The molecule has 1 rings (SSSR count). The van der Waals surface area contributed by atoms with Gasteiger partial charge in [-0.05, 0) is 30.8 Å². The van der Waals surface area contributed by atoms with E-state index in [4.69, 9.17) is 4.74 Å². The average molecular weight is 313 g/mol. The largest absolute Gasteiger partial charge is 0.484 e. The molecule has 0 spiro atoms. The minimum atomic E-state index is -0.159. The van der Waals surface area contributed by atoms with Crippen LogP contribution in [-0.4, -0.2) is 26.1 Å². The molecule has 1 aromatic rings. The lowest BCUT2D eigenvalue weighted by atomic mass is 10.2. The van der Waals surface area contributed by atoms with Gasteiger partial charge in [0.1, 0.15) is 5.75 Å². The first kappa shape index (κ1) is 14.7. The van der Waals surface area contributed by atoms with E-state index in [0.717, 1.165) is 16.6 Å². The van der Waals surface area contributed by atoms with E-state index in [1.807, 2.05) is 25.2 Å². The van der Waals surface area contributed by atoms with Crippen LogP contribution in [0.4, 0.5) is 0 Å². The van der Waals surface area contributed by atoms with Crippen molar-refractivity contribution in [2.24, 2.45) is 0 Å². The maximum atomic E-state index is 11.3. The number of nitrogens with one attached hydrogen (secondary N) is 2. The first-order valence-corrected chi connectivity index (χ1v) is 6.40. The van der Waals surface area contributed by atoms with Crippen molar-refractivity contribution < 1.29 is 9.53 Å². The summed E-state index contributed by atoms with van der Waals surface area (Å²) >= 11 is 3.46. The molecule has 0 saturated heterocycles. The summed E-state index contributed by atoms with van der Waals surface area (Å²) in [6, 6.07) is 5.63. The van der Waals surface area contributed by atoms with Crippen molar-refractivity contribution in [2.45, 2.75) is 6.54 Å². The Morgan fingerprint density at radius 2 is 2.33 bits per heavy atom. The molecule has 0 saturated carbocycles. The van der Waals surface area contributed by atoms with Crippen molar-refractivity contribution in [2.75, 3.05) is 20.2 Å². The van der Waals surface area contributed by atoms with Gasteiger partial charge < -0.3 is 15.4 Å². The molecule has 1 amide bonds. The van der Waals surface area contributed by atoms with Crippen LogP contribution in [0.15, 0.2) is 35.3 Å². The van der Waals surface area contributed by atoms with E-state index in [0.29, 0.717) is 12.3 Å². The predicted octanol–water partition coefficient (Wildman–Crippen LogP) is 1.85. The van der Waals surface area contributed by atoms with E-state index in [9.17, 15) is 4.79 Å². The monoisotopic (exact) mass is 312 g/mol. The van der Waals surface area contributed by atoms with Crippen LogP contribution in [0.1, 0.15) is 5.56 Å². The molecule has 0 bridgehead atoms. The second-order valence-corrected chi connectivity index (χ2v) is 4.52. The minimum absolute atomic E-state index is 0.00840. The zero-order chi connectivity index (χ0) is 13.4. The fraction of sp³-hybridized carbons (Fsp3) is 0.308. The summed E-state index contributed by atoms with van der Waals surface area (Å²) in [4.78, 5) is 11.3. The van der Waals surface area contributed by atoms with Crippen LogP contribution in [0, 0.1) is 0 Å². The summed E-state index contributed by atoms with van der Waals surface area (Å²) in [5, 5.41) is 5.72. The predicted molar refractivity (Wildman–Crippen MR) is 75.6 cm³/mol. The van der Waals surface area contributed by atoms with Crippen LogP contribution in [0.25, 0.3) is 0 Å². The fourth-order valence-corrected chi connectivity index (χ4v) is 1.74. The standard InChI is InChI=1S/C13H17BrN2O2/c1-3-6-16-13(17)9-18-11-4-5-12(14)10(7-11)8-15-2/h3-5,7,15H,1,6,8-9H2,2H3,(H,16,17). The third-order valence-corrected chi connectivity index (χ3v) is 2.97. The maximum absolute atomic E-state index is 11.3. The molecular weight excluding hydrogens is 296 g/mol. The highest BCUT2D eigenvalue weighted by Crippen LogP contribution is 2.22. The second kappa shape index (κ2) is 7.89. The van der Waals surface area contributed by atoms with Crippen LogP contribution in [0.5, 0.6) is 5.75 Å². The Hall–Kier alpha value is -1.33. The third-order valence-electron chi connectivity index (χ3n) is 2.20. The maximum Gasteiger partial charge on any atom is 0.258 e. The van der Waals surface area contributed by atoms with Gasteiger partial charge in [0.2, 0.25) is 0 Å². The van der Waals surface area contributed by atoms with E-state index in [1.54, 1.807) is 6.08 Å². The van der Waals surface area contributed by atoms with E-state index in [2.05, 4.69) is 33.1 Å². The molecule has 2 N–H and O–H groups in total. The van der Waals surface area contributed by atoms with E-state index in [1.165, 1.54) is 0 Å². The Kier molecular flexibility index (Phi) is 6.46. The summed E-state index contributed by atoms with van der Waals surface area (Å²) in [5.74, 6) is 0.519. The smallest absolute Gasteiger partial charge is 0.258 e. The van der Waals surface area contributed by atoms with Crippen molar-refractivity contribution in [3.05, 3.63) is 40.9 Å². The van der Waals surface area contributed by atoms with Crippen molar-refractivity contribution in [1.82, 2.24) is 10.6 Å². The quantitative estimate of drug-likeness (QED) is 0.756. The van der Waals surface area contributed by atoms with Crippen molar-refractivity contribution in [3.63, 3.8) is 0 Å². The molecule has 98 valence electrons. The zero-order valence-corrected chi connectivity index (χ0v) is 11.9. The Morgan fingerprint density at radius 1 is 1.56 bits per heavy atom. The number of halogens is 1. The van der Waals surface area contributed by atoms with Gasteiger partial charge in [-0.2, -0.15) is 0 Å². The molecule has 0 heterocycles. The van der Waals surface area contributed by atoms with Gasteiger partial charge in [-0.15, -0.1) is 6.58 Å². The summed E-state index contributed by atoms with van der Waals surface area (Å²) in [7, 11) is 1.88. The molecule has 0 radical (unpaired) electrons. The lowest BCUT2D eigenvalue weighted by molar-refractivity contribution is -0.122. The Bertz CT molecular complexity index is 421. The number of carbonyl (C=O) groups excluding carboxylic acids is 1. The van der Waals surface area contributed by atoms with Gasteiger partial charge >= 0.3 is 0 Å². The first-order chi connectivity index (χ1) is 8.67. The molecule has 5 heteroatoms. The number of amides is 1. The summed E-state index contributed by atoms with van der Waals surface area (Å²) < 4.78 is 6.43. The normalized spacial score (nSPS) is 9.89. The second-order valence-electron chi connectivity index (χ2n) is 3.66. The third kappa shape index (κ3) is 4.89. The lowest BCUT2D eigenvalue weighted by Gasteiger charge is -2.09. The van der Waals surface area contributed by atoms with Crippen LogP contribution in [0.2, 0.25) is 0 Å². The van der Waals surface area contributed by atoms with Crippen molar-refractivity contribution >= 4 is 21.8 Å². The highest BCUT2D eigenvalue weighted by atomic mass is 79.9. The number of hydrogen-bond acceptors (Lipinski definition) is 3. The summed E-state index contributed by atoms with van der Waals surface area (Å²) in [6.45, 7) is 4.72. The molecule has 0 fully saturated rings. The number of benzene rings is 1. The Balaban J connectivity index is 2.54. The van der Waals surface area contributed by atoms with E-state index in [-0.39, 0.29) is 12.5 Å². The van der Waals surface area contributed by atoms with Gasteiger partial charge in [-0.25, -0.2) is 0 Å². The van der Waals surface area contributed by atoms with Gasteiger partial charge in [0, 0.05) is 17.6 Å². The van der Waals surface area contributed by atoms with Gasteiger partial charge in [-0.3, -0.25) is 4.79 Å². The molecule has 0 atom stereocenters. The fourth-order valence-electron chi connectivity index (χ4n) is 1.35. The van der Waals surface area contributed by atoms with E-state index >= 15 is 0 Å². The summed E-state index contributed by atoms with van der Waals surface area (Å²) in [6.07, 6.45) is 1.63. The van der Waals surface area contributed by atoms with Gasteiger partial charge in [0.25, 0.3) is 5.91 Å². The highest BCUT2D eigenvalue weighted by molar-refractivity contribution is 9.10. The van der Waals surface area contributed by atoms with Crippen LogP contribution in [-0.2, 0) is 11.3 Å². The Morgan fingerprint density at radius 3 is 3.00 bits per heavy atom. The molecule has 18 heavy (non-hydrogen) atoms. The van der Waals surface area contributed by atoms with Gasteiger partial charge in [0.05, 0.1) is 0 Å². The first-order valence-electron chi connectivity index (χ1n) is 5.60. The zero-order valence-electron chi connectivity index (χ0n) is 10.3. The number of carbonyl (C=O) groups is 1. The SMILES string of the molecule is C=CCNC(=O)COc1ccc(Br)c(CNC)c1. The molecular formula is C13H17BrN2O2. The lowest BCUT2D eigenvalue weighted by Crippen LogP contribution is -2.28. The molecule has 4 nitrogen and oxygen atoms in total. The number of rotatable bonds is 7. The number of ether oxygens (including phenoxy) is 1. The average Bonchev–Trinajstić information content (AvgIpc) is 2.37. The van der Waals surface area contributed by atoms with Gasteiger partial charge in [0.15, 0.2) is 6.61 Å². The molecule has 0 unspecified atom stereocenters. The van der Waals surface area contributed by atoms with Crippen LogP contribution in [0.3, 0.4) is 0 Å². The molecule has 0 aromatic heterocycles. The van der Waals surface area contributed by atoms with Crippen molar-refractivity contribution in [1.29, 1.82) is 0 Å². The highest BCUT2D eigenvalue weighted by Gasteiger charge is 2.04. The van der Waals surface area contributed by atoms with Crippen LogP contribution >= 0.6 is 15.9 Å². The molecule has 0 aliphatic carbocycles. The minimum Gasteiger partial charge on any atom is -0.484 e. The molecule has 0 aliphatic heterocycles. The number of hydrogen-bond donors (Lipinski definition) is 2. The van der Waals surface area contributed by atoms with Crippen molar-refractivity contribution in [3.8, 4) is 5.75 Å².